The van der Waals surface area contributed by atoms with Gasteiger partial charge in [0.1, 0.15) is 0 Å². The molecule has 1 heterocycles. The van der Waals surface area contributed by atoms with Gasteiger partial charge in [0.2, 0.25) is 5.28 Å². The molecule has 0 saturated carbocycles. The Morgan fingerprint density at radius 1 is 1.19 bits per heavy atom. The summed E-state index contributed by atoms with van der Waals surface area (Å²) < 4.78 is 0. The predicted octanol–water partition coefficient (Wildman–Crippen LogP) is 2.67. The number of halogens is 1. The smallest absolute Gasteiger partial charge is 0.222 e. The van der Waals surface area contributed by atoms with Crippen LogP contribution in [-0.2, 0) is 0 Å². The van der Waals surface area contributed by atoms with Crippen LogP contribution in [0.2, 0.25) is 5.28 Å². The predicted molar refractivity (Wildman–Crippen MR) is 61.7 cm³/mol. The quantitative estimate of drug-likeness (QED) is 0.591. The van der Waals surface area contributed by atoms with Crippen LogP contribution in [0.1, 0.15) is 21.5 Å². The van der Waals surface area contributed by atoms with Gasteiger partial charge in [-0.1, -0.05) is 23.8 Å². The van der Waals surface area contributed by atoms with Gasteiger partial charge in [-0.15, -0.1) is 0 Å². The Balaban J connectivity index is 2.35. The summed E-state index contributed by atoms with van der Waals surface area (Å²) in [6.07, 6.45) is 2.86. The molecule has 1 aromatic carbocycles. The molecule has 0 aliphatic rings. The summed E-state index contributed by atoms with van der Waals surface area (Å²) in [6.45, 7) is 1.94. The van der Waals surface area contributed by atoms with E-state index in [1.807, 2.05) is 25.1 Å². The monoisotopic (exact) mass is 232 g/mol. The van der Waals surface area contributed by atoms with Crippen molar-refractivity contribution in [3.63, 3.8) is 0 Å². The number of aryl methyl sites for hydroxylation is 1. The molecule has 0 unspecified atom stereocenters. The standard InChI is InChI=1S/C12H9ClN2O/c1-8-3-2-4-9(5-8)11(16)10-6-14-12(13)15-7-10/h2-7H,1H3. The summed E-state index contributed by atoms with van der Waals surface area (Å²) in [5, 5.41) is 0.140. The Labute approximate surface area is 98.1 Å². The fraction of sp³-hybridized carbons (Fsp3) is 0.0833. The Hall–Kier alpha value is -1.74. The first kappa shape index (κ1) is 10.8. The van der Waals surface area contributed by atoms with Crippen molar-refractivity contribution in [3.8, 4) is 0 Å². The normalized spacial score (nSPS) is 10.1. The molecule has 0 bridgehead atoms. The first-order valence-electron chi connectivity index (χ1n) is 4.76. The number of carbonyl (C=O) groups excluding carboxylic acids is 1. The molecule has 0 aliphatic heterocycles. The van der Waals surface area contributed by atoms with E-state index in [9.17, 15) is 4.79 Å². The Morgan fingerprint density at radius 3 is 2.50 bits per heavy atom. The van der Waals surface area contributed by atoms with Crippen LogP contribution in [0.25, 0.3) is 0 Å². The molecular formula is C12H9ClN2O. The van der Waals surface area contributed by atoms with Crippen molar-refractivity contribution in [1.82, 2.24) is 9.97 Å². The molecule has 0 spiro atoms. The second-order valence-corrected chi connectivity index (χ2v) is 3.78. The lowest BCUT2D eigenvalue weighted by Gasteiger charge is -2.01. The van der Waals surface area contributed by atoms with Gasteiger partial charge in [0.05, 0.1) is 5.56 Å². The first-order chi connectivity index (χ1) is 7.66. The number of benzene rings is 1. The molecule has 0 radical (unpaired) electrons. The molecule has 80 valence electrons. The minimum Gasteiger partial charge on any atom is -0.288 e. The van der Waals surface area contributed by atoms with Gasteiger partial charge >= 0.3 is 0 Å². The summed E-state index contributed by atoms with van der Waals surface area (Å²) in [4.78, 5) is 19.5. The molecule has 3 nitrogen and oxygen atoms in total. The van der Waals surface area contributed by atoms with E-state index in [-0.39, 0.29) is 11.1 Å². The third kappa shape index (κ3) is 2.25. The highest BCUT2D eigenvalue weighted by molar-refractivity contribution is 6.28. The number of ketones is 1. The van der Waals surface area contributed by atoms with Crippen molar-refractivity contribution in [2.75, 3.05) is 0 Å². The average Bonchev–Trinajstić information content (AvgIpc) is 2.29. The summed E-state index contributed by atoms with van der Waals surface area (Å²) in [7, 11) is 0. The molecule has 0 N–H and O–H groups in total. The van der Waals surface area contributed by atoms with E-state index in [1.54, 1.807) is 6.07 Å². The number of carbonyl (C=O) groups is 1. The third-order valence-electron chi connectivity index (χ3n) is 2.16. The van der Waals surface area contributed by atoms with Gasteiger partial charge in [0.15, 0.2) is 5.78 Å². The van der Waals surface area contributed by atoms with Crippen LogP contribution in [0, 0.1) is 6.92 Å². The van der Waals surface area contributed by atoms with Crippen LogP contribution < -0.4 is 0 Å². The van der Waals surface area contributed by atoms with Crippen LogP contribution in [0.15, 0.2) is 36.7 Å². The van der Waals surface area contributed by atoms with Gasteiger partial charge in [-0.25, -0.2) is 9.97 Å². The number of hydrogen-bond acceptors (Lipinski definition) is 3. The average molecular weight is 233 g/mol. The van der Waals surface area contributed by atoms with Crippen LogP contribution >= 0.6 is 11.6 Å². The van der Waals surface area contributed by atoms with Crippen LogP contribution in [0.3, 0.4) is 0 Å². The SMILES string of the molecule is Cc1cccc(C(=O)c2cnc(Cl)nc2)c1. The lowest BCUT2D eigenvalue weighted by Crippen LogP contribution is -2.02. The highest BCUT2D eigenvalue weighted by Gasteiger charge is 2.09. The topological polar surface area (TPSA) is 42.9 Å². The second-order valence-electron chi connectivity index (χ2n) is 3.44. The van der Waals surface area contributed by atoms with Crippen LogP contribution in [-0.4, -0.2) is 15.8 Å². The Morgan fingerprint density at radius 2 is 1.88 bits per heavy atom. The number of aromatic nitrogens is 2. The summed E-state index contributed by atoms with van der Waals surface area (Å²) >= 11 is 5.55. The van der Waals surface area contributed by atoms with Crippen molar-refractivity contribution in [2.24, 2.45) is 0 Å². The number of hydrogen-bond donors (Lipinski definition) is 0. The van der Waals surface area contributed by atoms with Crippen molar-refractivity contribution in [1.29, 1.82) is 0 Å². The van der Waals surface area contributed by atoms with Gasteiger partial charge in [-0.3, -0.25) is 4.79 Å². The minimum absolute atomic E-state index is 0.0969. The van der Waals surface area contributed by atoms with Crippen molar-refractivity contribution < 1.29 is 4.79 Å². The number of rotatable bonds is 2. The van der Waals surface area contributed by atoms with E-state index >= 15 is 0 Å². The molecule has 0 atom stereocenters. The summed E-state index contributed by atoms with van der Waals surface area (Å²) in [5.74, 6) is -0.0969. The zero-order chi connectivity index (χ0) is 11.5. The maximum Gasteiger partial charge on any atom is 0.222 e. The van der Waals surface area contributed by atoms with E-state index in [0.717, 1.165) is 5.56 Å². The second kappa shape index (κ2) is 4.41. The molecule has 0 fully saturated rings. The van der Waals surface area contributed by atoms with E-state index in [2.05, 4.69) is 9.97 Å². The zero-order valence-corrected chi connectivity index (χ0v) is 9.40. The molecule has 0 saturated heterocycles. The molecule has 2 aromatic rings. The van der Waals surface area contributed by atoms with Gasteiger partial charge in [0.25, 0.3) is 0 Å². The first-order valence-corrected chi connectivity index (χ1v) is 5.13. The van der Waals surface area contributed by atoms with Crippen LogP contribution in [0.4, 0.5) is 0 Å². The minimum atomic E-state index is -0.0969. The van der Waals surface area contributed by atoms with Gasteiger partial charge in [-0.05, 0) is 24.6 Å². The van der Waals surface area contributed by atoms with Gasteiger partial charge in [0, 0.05) is 18.0 Å². The van der Waals surface area contributed by atoms with E-state index in [4.69, 9.17) is 11.6 Å². The molecular weight excluding hydrogens is 224 g/mol. The van der Waals surface area contributed by atoms with Crippen molar-refractivity contribution >= 4 is 17.4 Å². The van der Waals surface area contributed by atoms with Gasteiger partial charge in [-0.2, -0.15) is 0 Å². The molecule has 0 amide bonds. The molecule has 4 heteroatoms. The van der Waals surface area contributed by atoms with E-state index < -0.39 is 0 Å². The third-order valence-corrected chi connectivity index (χ3v) is 2.36. The van der Waals surface area contributed by atoms with Crippen molar-refractivity contribution in [2.45, 2.75) is 6.92 Å². The number of nitrogens with zero attached hydrogens (tertiary/aromatic N) is 2. The maximum absolute atomic E-state index is 12.0. The van der Waals surface area contributed by atoms with Crippen molar-refractivity contribution in [3.05, 3.63) is 58.6 Å². The maximum atomic E-state index is 12.0. The Kier molecular flexibility index (Phi) is 2.97. The molecule has 16 heavy (non-hydrogen) atoms. The Bertz CT molecular complexity index is 523. The largest absolute Gasteiger partial charge is 0.288 e. The molecule has 0 aliphatic carbocycles. The zero-order valence-electron chi connectivity index (χ0n) is 8.64. The lowest BCUT2D eigenvalue weighted by molar-refractivity contribution is 0.103. The lowest BCUT2D eigenvalue weighted by atomic mass is 10.0. The summed E-state index contributed by atoms with van der Waals surface area (Å²) in [6, 6.07) is 7.38. The van der Waals surface area contributed by atoms with Crippen LogP contribution in [0.5, 0.6) is 0 Å². The fourth-order valence-corrected chi connectivity index (χ4v) is 1.48. The fourth-order valence-electron chi connectivity index (χ4n) is 1.38. The van der Waals surface area contributed by atoms with Gasteiger partial charge < -0.3 is 0 Å². The van der Waals surface area contributed by atoms with E-state index in [0.29, 0.717) is 11.1 Å². The highest BCUT2D eigenvalue weighted by Crippen LogP contribution is 2.10. The highest BCUT2D eigenvalue weighted by atomic mass is 35.5. The summed E-state index contributed by atoms with van der Waals surface area (Å²) in [5.41, 5.74) is 2.11. The molecule has 1 aromatic heterocycles. The molecule has 2 rings (SSSR count). The van der Waals surface area contributed by atoms with E-state index in [1.165, 1.54) is 12.4 Å².